The van der Waals surface area contributed by atoms with E-state index in [1.165, 1.54) is 19.2 Å². The molecule has 6 heteroatoms. The van der Waals surface area contributed by atoms with Crippen LogP contribution in [0.5, 0.6) is 17.2 Å². The average molecular weight is 348 g/mol. The van der Waals surface area contributed by atoms with Gasteiger partial charge in [0.1, 0.15) is 11.9 Å². The average Bonchev–Trinajstić information content (AvgIpc) is 2.65. The van der Waals surface area contributed by atoms with E-state index in [4.69, 9.17) is 14.6 Å². The van der Waals surface area contributed by atoms with E-state index in [2.05, 4.69) is 0 Å². The molecule has 0 radical (unpaired) electrons. The van der Waals surface area contributed by atoms with E-state index in [-0.39, 0.29) is 24.7 Å². The van der Waals surface area contributed by atoms with E-state index < -0.39 is 12.2 Å². The van der Waals surface area contributed by atoms with Gasteiger partial charge in [-0.05, 0) is 48.2 Å². The maximum Gasteiger partial charge on any atom is 0.160 e. The Morgan fingerprint density at radius 2 is 1.76 bits per heavy atom. The fourth-order valence-electron chi connectivity index (χ4n) is 2.49. The Morgan fingerprint density at radius 3 is 2.36 bits per heavy atom. The molecular weight excluding hydrogens is 324 g/mol. The zero-order valence-electron chi connectivity index (χ0n) is 14.1. The van der Waals surface area contributed by atoms with Gasteiger partial charge in [-0.2, -0.15) is 0 Å². The van der Waals surface area contributed by atoms with Crippen molar-refractivity contribution >= 4 is 0 Å². The molecule has 0 fully saturated rings. The van der Waals surface area contributed by atoms with Crippen LogP contribution >= 0.6 is 0 Å². The maximum absolute atomic E-state index is 10.5. The zero-order valence-corrected chi connectivity index (χ0v) is 14.1. The number of aromatic hydroxyl groups is 1. The van der Waals surface area contributed by atoms with Gasteiger partial charge in [0.15, 0.2) is 17.6 Å². The molecule has 0 saturated carbocycles. The third-order valence-electron chi connectivity index (χ3n) is 3.91. The standard InChI is InChI=1S/C19H24O6/c1-24-17-11-14(6-9-16(17)22)19(23)18(12-21)25-15-7-4-13(5-8-15)3-2-10-20/h4-9,11,18-23H,2-3,10,12H2,1H3/t18-,19+/m1/s1. The summed E-state index contributed by atoms with van der Waals surface area (Å²) in [5.74, 6) is 0.733. The molecule has 4 N–H and O–H groups in total. The van der Waals surface area contributed by atoms with E-state index in [0.717, 1.165) is 12.0 Å². The summed E-state index contributed by atoms with van der Waals surface area (Å²) in [4.78, 5) is 0. The summed E-state index contributed by atoms with van der Waals surface area (Å²) in [5, 5.41) is 38.5. The number of benzene rings is 2. The van der Waals surface area contributed by atoms with Gasteiger partial charge in [-0.25, -0.2) is 0 Å². The molecule has 25 heavy (non-hydrogen) atoms. The number of hydrogen-bond acceptors (Lipinski definition) is 6. The van der Waals surface area contributed by atoms with Crippen molar-refractivity contribution in [3.8, 4) is 17.2 Å². The van der Waals surface area contributed by atoms with Crippen LogP contribution in [0.3, 0.4) is 0 Å². The molecule has 0 saturated heterocycles. The van der Waals surface area contributed by atoms with Gasteiger partial charge in [-0.15, -0.1) is 0 Å². The van der Waals surface area contributed by atoms with E-state index in [1.54, 1.807) is 18.2 Å². The van der Waals surface area contributed by atoms with E-state index >= 15 is 0 Å². The molecule has 136 valence electrons. The van der Waals surface area contributed by atoms with Crippen molar-refractivity contribution in [2.24, 2.45) is 0 Å². The minimum absolute atomic E-state index is 0.0293. The van der Waals surface area contributed by atoms with Gasteiger partial charge in [-0.1, -0.05) is 18.2 Å². The summed E-state index contributed by atoms with van der Waals surface area (Å²) in [6, 6.07) is 11.8. The summed E-state index contributed by atoms with van der Waals surface area (Å²) >= 11 is 0. The van der Waals surface area contributed by atoms with Crippen LogP contribution < -0.4 is 9.47 Å². The predicted molar refractivity (Wildman–Crippen MR) is 93.0 cm³/mol. The number of phenolic OH excluding ortho intramolecular Hbond substituents is 1. The third kappa shape index (κ3) is 5.09. The summed E-state index contributed by atoms with van der Waals surface area (Å²) in [7, 11) is 1.42. The normalized spacial score (nSPS) is 13.3. The Kier molecular flexibility index (Phi) is 7.06. The summed E-state index contributed by atoms with van der Waals surface area (Å²) in [6.07, 6.45) is -0.483. The predicted octanol–water partition coefficient (Wildman–Crippen LogP) is 1.80. The first-order valence-corrected chi connectivity index (χ1v) is 8.11. The van der Waals surface area contributed by atoms with Crippen molar-refractivity contribution in [3.05, 3.63) is 53.6 Å². The molecule has 2 atom stereocenters. The first-order valence-electron chi connectivity index (χ1n) is 8.11. The Bertz CT molecular complexity index is 655. The lowest BCUT2D eigenvalue weighted by molar-refractivity contribution is 0.000658. The van der Waals surface area contributed by atoms with Crippen molar-refractivity contribution in [3.63, 3.8) is 0 Å². The molecule has 0 unspecified atom stereocenters. The highest BCUT2D eigenvalue weighted by atomic mass is 16.5. The molecular formula is C19H24O6. The largest absolute Gasteiger partial charge is 0.504 e. The number of hydrogen-bond donors (Lipinski definition) is 4. The maximum atomic E-state index is 10.5. The summed E-state index contributed by atoms with van der Waals surface area (Å²) in [6.45, 7) is -0.232. The zero-order chi connectivity index (χ0) is 18.2. The monoisotopic (exact) mass is 348 g/mol. The van der Waals surface area contributed by atoms with Crippen LogP contribution in [0.25, 0.3) is 0 Å². The van der Waals surface area contributed by atoms with Gasteiger partial charge in [0.25, 0.3) is 0 Å². The quantitative estimate of drug-likeness (QED) is 0.551. The molecule has 0 aromatic heterocycles. The topological polar surface area (TPSA) is 99.4 Å². The van der Waals surface area contributed by atoms with Crippen LogP contribution in [0.1, 0.15) is 23.7 Å². The van der Waals surface area contributed by atoms with Crippen LogP contribution in [0, 0.1) is 0 Å². The lowest BCUT2D eigenvalue weighted by Crippen LogP contribution is -2.29. The van der Waals surface area contributed by atoms with Gasteiger partial charge in [0, 0.05) is 6.61 Å². The van der Waals surface area contributed by atoms with Crippen LogP contribution in [-0.4, -0.2) is 46.9 Å². The van der Waals surface area contributed by atoms with Crippen molar-refractivity contribution in [1.82, 2.24) is 0 Å². The highest BCUT2D eigenvalue weighted by molar-refractivity contribution is 5.42. The number of rotatable bonds is 9. The molecule has 0 heterocycles. The molecule has 0 bridgehead atoms. The first kappa shape index (κ1) is 19.1. The minimum Gasteiger partial charge on any atom is -0.504 e. The number of aliphatic hydroxyl groups excluding tert-OH is 3. The van der Waals surface area contributed by atoms with Crippen LogP contribution in [-0.2, 0) is 6.42 Å². The number of aliphatic hydroxyl groups is 3. The first-order chi connectivity index (χ1) is 12.1. The van der Waals surface area contributed by atoms with Crippen molar-refractivity contribution in [1.29, 1.82) is 0 Å². The second-order valence-electron chi connectivity index (χ2n) is 5.69. The van der Waals surface area contributed by atoms with Gasteiger partial charge in [-0.3, -0.25) is 0 Å². The lowest BCUT2D eigenvalue weighted by Gasteiger charge is -2.23. The SMILES string of the molecule is COc1cc([C@H](O)[C@@H](CO)Oc2ccc(CCCO)cc2)ccc1O. The summed E-state index contributed by atoms with van der Waals surface area (Å²) < 4.78 is 10.7. The van der Waals surface area contributed by atoms with Gasteiger partial charge in [0.05, 0.1) is 13.7 Å². The molecule has 2 aromatic carbocycles. The number of methoxy groups -OCH3 is 1. The highest BCUT2D eigenvalue weighted by Gasteiger charge is 2.23. The lowest BCUT2D eigenvalue weighted by atomic mass is 10.0. The second-order valence-corrected chi connectivity index (χ2v) is 5.69. The van der Waals surface area contributed by atoms with Crippen molar-refractivity contribution < 1.29 is 29.9 Å². The number of aryl methyl sites for hydroxylation is 1. The Hall–Kier alpha value is -2.28. The molecule has 0 aliphatic heterocycles. The van der Waals surface area contributed by atoms with Crippen LogP contribution in [0.4, 0.5) is 0 Å². The fraction of sp³-hybridized carbons (Fsp3) is 0.368. The van der Waals surface area contributed by atoms with E-state index in [1.807, 2.05) is 12.1 Å². The second kappa shape index (κ2) is 9.27. The smallest absolute Gasteiger partial charge is 0.160 e. The van der Waals surface area contributed by atoms with Gasteiger partial charge < -0.3 is 29.9 Å². The highest BCUT2D eigenvalue weighted by Crippen LogP contribution is 2.31. The third-order valence-corrected chi connectivity index (χ3v) is 3.91. The number of phenols is 1. The Balaban J connectivity index is 2.08. The molecule has 0 aliphatic rings. The summed E-state index contributed by atoms with van der Waals surface area (Å²) in [5.41, 5.74) is 1.54. The molecule has 2 aromatic rings. The van der Waals surface area contributed by atoms with Gasteiger partial charge >= 0.3 is 0 Å². The number of ether oxygens (including phenoxy) is 2. The molecule has 0 spiro atoms. The molecule has 6 nitrogen and oxygen atoms in total. The van der Waals surface area contributed by atoms with Gasteiger partial charge in [0.2, 0.25) is 0 Å². The molecule has 0 amide bonds. The van der Waals surface area contributed by atoms with E-state index in [9.17, 15) is 15.3 Å². The Labute approximate surface area is 146 Å². The van der Waals surface area contributed by atoms with Crippen molar-refractivity contribution in [2.75, 3.05) is 20.3 Å². The van der Waals surface area contributed by atoms with Crippen molar-refractivity contribution in [2.45, 2.75) is 25.0 Å². The minimum atomic E-state index is -1.09. The fourth-order valence-corrected chi connectivity index (χ4v) is 2.49. The van der Waals surface area contributed by atoms with E-state index in [0.29, 0.717) is 17.7 Å². The van der Waals surface area contributed by atoms with Crippen LogP contribution in [0.15, 0.2) is 42.5 Å². The Morgan fingerprint density at radius 1 is 1.04 bits per heavy atom. The molecule has 0 aliphatic carbocycles. The van der Waals surface area contributed by atoms with Crippen LogP contribution in [0.2, 0.25) is 0 Å². The molecule has 2 rings (SSSR count).